The number of aromatic nitrogens is 2. The molecular formula is C20H17ClN2O5S. The van der Waals surface area contributed by atoms with Crippen molar-refractivity contribution in [3.8, 4) is 11.5 Å². The van der Waals surface area contributed by atoms with Gasteiger partial charge in [0.15, 0.2) is 11.5 Å². The molecule has 7 nitrogen and oxygen atoms in total. The normalized spacial score (nSPS) is 12.2. The molecule has 9 heteroatoms. The second-order valence-electron chi connectivity index (χ2n) is 6.34. The molecule has 0 amide bonds. The lowest BCUT2D eigenvalue weighted by atomic mass is 10.2. The van der Waals surface area contributed by atoms with E-state index in [-0.39, 0.29) is 13.4 Å². The highest BCUT2D eigenvalue weighted by molar-refractivity contribution is 7.98. The van der Waals surface area contributed by atoms with Gasteiger partial charge in [0.25, 0.3) is 0 Å². The first-order valence-electron chi connectivity index (χ1n) is 8.77. The average Bonchev–Trinajstić information content (AvgIpc) is 3.32. The minimum absolute atomic E-state index is 0.0536. The molecule has 0 unspecified atom stereocenters. The van der Waals surface area contributed by atoms with Gasteiger partial charge in [-0.25, -0.2) is 9.78 Å². The highest BCUT2D eigenvalue weighted by Crippen LogP contribution is 2.40. The molecule has 0 radical (unpaired) electrons. The van der Waals surface area contributed by atoms with E-state index in [2.05, 4.69) is 10.1 Å². The number of carbonyl (C=O) groups is 1. The molecule has 1 aromatic carbocycles. The van der Waals surface area contributed by atoms with E-state index in [9.17, 15) is 4.79 Å². The van der Waals surface area contributed by atoms with Crippen LogP contribution in [0.2, 0.25) is 5.02 Å². The molecule has 0 bridgehead atoms. The Bertz CT molecular complexity index is 1050. The number of carbonyl (C=O) groups excluding carboxylic acids is 1. The Kier molecular flexibility index (Phi) is 5.64. The zero-order chi connectivity index (χ0) is 20.4. The van der Waals surface area contributed by atoms with E-state index in [1.165, 1.54) is 11.8 Å². The van der Waals surface area contributed by atoms with Crippen LogP contribution in [0.4, 0.5) is 0 Å². The fraction of sp³-hybridized carbons (Fsp3) is 0.250. The van der Waals surface area contributed by atoms with Crippen LogP contribution in [0.25, 0.3) is 0 Å². The lowest BCUT2D eigenvalue weighted by Gasteiger charge is -2.09. The van der Waals surface area contributed by atoms with Crippen LogP contribution in [0.5, 0.6) is 11.5 Å². The second kappa shape index (κ2) is 8.34. The highest BCUT2D eigenvalue weighted by atomic mass is 35.5. The van der Waals surface area contributed by atoms with Gasteiger partial charge in [-0.2, -0.15) is 0 Å². The van der Waals surface area contributed by atoms with Crippen molar-refractivity contribution in [2.45, 2.75) is 31.2 Å². The van der Waals surface area contributed by atoms with E-state index in [1.54, 1.807) is 30.5 Å². The number of thioether (sulfide) groups is 1. The molecule has 0 atom stereocenters. The molecule has 0 fully saturated rings. The third kappa shape index (κ3) is 4.18. The minimum atomic E-state index is -0.465. The second-order valence-corrected chi connectivity index (χ2v) is 7.71. The molecular weight excluding hydrogens is 416 g/mol. The lowest BCUT2D eigenvalue weighted by Crippen LogP contribution is -2.08. The molecule has 0 saturated carbocycles. The number of benzene rings is 1. The van der Waals surface area contributed by atoms with Gasteiger partial charge < -0.3 is 18.7 Å². The first-order chi connectivity index (χ1) is 14.0. The molecule has 150 valence electrons. The molecule has 0 spiro atoms. The summed E-state index contributed by atoms with van der Waals surface area (Å²) < 4.78 is 21.3. The van der Waals surface area contributed by atoms with Crippen LogP contribution in [0.3, 0.4) is 0 Å². The standard InChI is InChI=1S/C20H17ClN2O5S/c1-11-15(12(2)28-23-11)9-29-19-14(4-3-5-22-19)20(24)25-8-13-6-16(21)18-17(7-13)26-10-27-18/h3-7H,8-10H2,1-2H3. The van der Waals surface area contributed by atoms with Crippen LogP contribution < -0.4 is 9.47 Å². The Morgan fingerprint density at radius 1 is 1.31 bits per heavy atom. The molecule has 3 heterocycles. The summed E-state index contributed by atoms with van der Waals surface area (Å²) in [6.45, 7) is 3.92. The van der Waals surface area contributed by atoms with Crippen molar-refractivity contribution in [3.05, 3.63) is 63.6 Å². The first kappa shape index (κ1) is 19.6. The van der Waals surface area contributed by atoms with Gasteiger partial charge in [-0.3, -0.25) is 0 Å². The Hall–Kier alpha value is -2.71. The van der Waals surface area contributed by atoms with Crippen LogP contribution in [-0.2, 0) is 17.1 Å². The molecule has 29 heavy (non-hydrogen) atoms. The summed E-state index contributed by atoms with van der Waals surface area (Å²) in [5, 5.41) is 4.95. The molecule has 3 aromatic rings. The number of halogens is 1. The van der Waals surface area contributed by atoms with Crippen molar-refractivity contribution in [3.63, 3.8) is 0 Å². The monoisotopic (exact) mass is 432 g/mol. The molecule has 0 saturated heterocycles. The number of esters is 1. The predicted octanol–water partition coefficient (Wildman–Crippen LogP) is 4.72. The molecule has 2 aromatic heterocycles. The molecule has 4 rings (SSSR count). The summed E-state index contributed by atoms with van der Waals surface area (Å²) in [6, 6.07) is 6.84. The van der Waals surface area contributed by atoms with Gasteiger partial charge >= 0.3 is 5.97 Å². The lowest BCUT2D eigenvalue weighted by molar-refractivity contribution is 0.0467. The van der Waals surface area contributed by atoms with Gasteiger partial charge in [0, 0.05) is 17.5 Å². The fourth-order valence-electron chi connectivity index (χ4n) is 2.84. The van der Waals surface area contributed by atoms with Crippen LogP contribution >= 0.6 is 23.4 Å². The minimum Gasteiger partial charge on any atom is -0.457 e. The fourth-order valence-corrected chi connectivity index (χ4v) is 4.26. The van der Waals surface area contributed by atoms with Gasteiger partial charge in [-0.05, 0) is 43.7 Å². The quantitative estimate of drug-likeness (QED) is 0.408. The smallest absolute Gasteiger partial charge is 0.341 e. The number of aryl methyl sites for hydroxylation is 2. The van der Waals surface area contributed by atoms with Gasteiger partial charge in [0.05, 0.1) is 16.3 Å². The van der Waals surface area contributed by atoms with Crippen molar-refractivity contribution >= 4 is 29.3 Å². The van der Waals surface area contributed by atoms with Crippen LogP contribution in [0, 0.1) is 13.8 Å². The van der Waals surface area contributed by atoms with Crippen LogP contribution in [0.1, 0.15) is 32.9 Å². The highest BCUT2D eigenvalue weighted by Gasteiger charge is 2.20. The largest absolute Gasteiger partial charge is 0.457 e. The molecule has 0 aliphatic carbocycles. The summed E-state index contributed by atoms with van der Waals surface area (Å²) in [7, 11) is 0. The molecule has 1 aliphatic heterocycles. The first-order valence-corrected chi connectivity index (χ1v) is 10.1. The number of hydrogen-bond acceptors (Lipinski definition) is 8. The van der Waals surface area contributed by atoms with E-state index >= 15 is 0 Å². The van der Waals surface area contributed by atoms with Crippen molar-refractivity contribution in [1.29, 1.82) is 0 Å². The summed E-state index contributed by atoms with van der Waals surface area (Å²) in [6.07, 6.45) is 1.64. The van der Waals surface area contributed by atoms with E-state index < -0.39 is 5.97 Å². The SMILES string of the molecule is Cc1noc(C)c1CSc1ncccc1C(=O)OCc1cc(Cl)c2c(c1)OCO2. The maximum atomic E-state index is 12.7. The van der Waals surface area contributed by atoms with Gasteiger partial charge in [0.1, 0.15) is 17.4 Å². The third-order valence-electron chi connectivity index (χ3n) is 4.38. The van der Waals surface area contributed by atoms with E-state index in [1.807, 2.05) is 13.8 Å². The van der Waals surface area contributed by atoms with Crippen LogP contribution in [0.15, 0.2) is 40.0 Å². The predicted molar refractivity (Wildman–Crippen MR) is 106 cm³/mol. The number of rotatable bonds is 6. The molecule has 0 N–H and O–H groups in total. The third-order valence-corrected chi connectivity index (χ3v) is 5.69. The Morgan fingerprint density at radius 2 is 2.17 bits per heavy atom. The maximum absolute atomic E-state index is 12.7. The van der Waals surface area contributed by atoms with Crippen molar-refractivity contribution < 1.29 is 23.5 Å². The zero-order valence-corrected chi connectivity index (χ0v) is 17.3. The number of ether oxygens (including phenoxy) is 3. The van der Waals surface area contributed by atoms with E-state index in [0.29, 0.717) is 38.4 Å². The van der Waals surface area contributed by atoms with Crippen molar-refractivity contribution in [2.75, 3.05) is 6.79 Å². The molecule has 1 aliphatic rings. The van der Waals surface area contributed by atoms with Gasteiger partial charge in [0.2, 0.25) is 6.79 Å². The Balaban J connectivity index is 1.45. The Morgan fingerprint density at radius 3 is 2.97 bits per heavy atom. The average molecular weight is 433 g/mol. The van der Waals surface area contributed by atoms with Crippen molar-refractivity contribution in [2.24, 2.45) is 0 Å². The summed E-state index contributed by atoms with van der Waals surface area (Å²) in [5.74, 6) is 1.94. The van der Waals surface area contributed by atoms with E-state index in [0.717, 1.165) is 17.0 Å². The zero-order valence-electron chi connectivity index (χ0n) is 15.7. The van der Waals surface area contributed by atoms with Crippen molar-refractivity contribution in [1.82, 2.24) is 10.1 Å². The number of hydrogen-bond donors (Lipinski definition) is 0. The van der Waals surface area contributed by atoms with Gasteiger partial charge in [-0.1, -0.05) is 16.8 Å². The Labute approximate surface area is 176 Å². The summed E-state index contributed by atoms with van der Waals surface area (Å²) >= 11 is 7.61. The topological polar surface area (TPSA) is 83.7 Å². The number of nitrogens with zero attached hydrogens (tertiary/aromatic N) is 2. The number of fused-ring (bicyclic) bond motifs is 1. The van der Waals surface area contributed by atoms with Gasteiger partial charge in [-0.15, -0.1) is 11.8 Å². The summed E-state index contributed by atoms with van der Waals surface area (Å²) in [4.78, 5) is 17.0. The maximum Gasteiger partial charge on any atom is 0.341 e. The number of pyridine rings is 1. The van der Waals surface area contributed by atoms with E-state index in [4.69, 9.17) is 30.3 Å². The van der Waals surface area contributed by atoms with Crippen LogP contribution in [-0.4, -0.2) is 22.9 Å². The summed E-state index contributed by atoms with van der Waals surface area (Å²) in [5.41, 5.74) is 2.93.